The van der Waals surface area contributed by atoms with Crippen LogP contribution in [0.25, 0.3) is 0 Å². The number of nitrogens with two attached hydrogens (primary N) is 1. The van der Waals surface area contributed by atoms with Crippen LogP contribution in [0.4, 0.5) is 4.79 Å². The van der Waals surface area contributed by atoms with E-state index in [2.05, 4.69) is 31.4 Å². The topological polar surface area (TPSA) is 67.2 Å². The van der Waals surface area contributed by atoms with Crippen molar-refractivity contribution < 1.29 is 4.79 Å². The molecule has 0 aliphatic heterocycles. The number of carbonyl (C=O) groups excluding carboxylic acids is 1. The van der Waals surface area contributed by atoms with Gasteiger partial charge in [-0.25, -0.2) is 4.79 Å². The van der Waals surface area contributed by atoms with Crippen LogP contribution in [-0.4, -0.2) is 24.2 Å². The number of urea groups is 1. The Hall–Kier alpha value is -0.770. The summed E-state index contributed by atoms with van der Waals surface area (Å²) >= 11 is 0. The van der Waals surface area contributed by atoms with E-state index in [4.69, 9.17) is 5.73 Å². The number of carbonyl (C=O) groups is 1. The largest absolute Gasteiger partial charge is 0.337 e. The van der Waals surface area contributed by atoms with Crippen molar-refractivity contribution in [3.63, 3.8) is 0 Å². The molecule has 0 saturated carbocycles. The van der Waals surface area contributed by atoms with Crippen molar-refractivity contribution in [1.82, 2.24) is 10.6 Å². The third-order valence-corrected chi connectivity index (χ3v) is 2.08. The van der Waals surface area contributed by atoms with Crippen molar-refractivity contribution in [3.05, 3.63) is 0 Å². The molecule has 90 valence electrons. The Kier molecular flexibility index (Phi) is 4.59. The minimum atomic E-state index is -0.212. The highest BCUT2D eigenvalue weighted by Gasteiger charge is 2.21. The molecule has 1 unspecified atom stereocenters. The molecule has 0 aliphatic rings. The van der Waals surface area contributed by atoms with Crippen LogP contribution >= 0.6 is 0 Å². The monoisotopic (exact) mass is 215 g/mol. The fourth-order valence-corrected chi connectivity index (χ4v) is 0.894. The minimum absolute atomic E-state index is 0.00894. The molecule has 1 atom stereocenters. The van der Waals surface area contributed by atoms with Crippen molar-refractivity contribution in [2.45, 2.75) is 53.1 Å². The van der Waals surface area contributed by atoms with Gasteiger partial charge in [0, 0.05) is 18.1 Å². The second-order valence-corrected chi connectivity index (χ2v) is 6.06. The normalized spacial score (nSPS) is 14.6. The van der Waals surface area contributed by atoms with Crippen molar-refractivity contribution in [3.8, 4) is 0 Å². The summed E-state index contributed by atoms with van der Waals surface area (Å²) < 4.78 is 0. The molecule has 0 heterocycles. The first-order valence-electron chi connectivity index (χ1n) is 5.34. The molecule has 0 rings (SSSR count). The highest BCUT2D eigenvalue weighted by Crippen LogP contribution is 2.16. The van der Waals surface area contributed by atoms with Crippen molar-refractivity contribution in [2.24, 2.45) is 11.1 Å². The first-order chi connectivity index (χ1) is 6.52. The molecule has 0 aromatic carbocycles. The van der Waals surface area contributed by atoms with Crippen LogP contribution < -0.4 is 16.4 Å². The van der Waals surface area contributed by atoms with Gasteiger partial charge in [0.15, 0.2) is 0 Å². The Morgan fingerprint density at radius 2 is 1.67 bits per heavy atom. The summed E-state index contributed by atoms with van der Waals surface area (Å²) in [6.45, 7) is 12.5. The average Bonchev–Trinajstić information content (AvgIpc) is 1.94. The Bertz CT molecular complexity index is 213. The second-order valence-electron chi connectivity index (χ2n) is 6.06. The van der Waals surface area contributed by atoms with Gasteiger partial charge in [-0.1, -0.05) is 20.8 Å². The Morgan fingerprint density at radius 1 is 1.20 bits per heavy atom. The number of hydrogen-bond acceptors (Lipinski definition) is 2. The maximum atomic E-state index is 11.4. The summed E-state index contributed by atoms with van der Waals surface area (Å²) in [5, 5.41) is 5.59. The fraction of sp³-hybridized carbons (Fsp3) is 0.909. The Balaban J connectivity index is 3.92. The molecule has 0 spiro atoms. The molecule has 0 saturated heterocycles. The Labute approximate surface area is 93.0 Å². The molecule has 0 aromatic heterocycles. The van der Waals surface area contributed by atoms with Crippen LogP contribution in [-0.2, 0) is 0 Å². The van der Waals surface area contributed by atoms with E-state index in [0.717, 1.165) is 0 Å². The molecule has 15 heavy (non-hydrogen) atoms. The van der Waals surface area contributed by atoms with Gasteiger partial charge in [-0.15, -0.1) is 0 Å². The van der Waals surface area contributed by atoms with Gasteiger partial charge in [-0.05, 0) is 26.2 Å². The van der Waals surface area contributed by atoms with Crippen molar-refractivity contribution in [1.29, 1.82) is 0 Å². The average molecular weight is 215 g/mol. The van der Waals surface area contributed by atoms with Crippen molar-refractivity contribution in [2.75, 3.05) is 6.54 Å². The lowest BCUT2D eigenvalue weighted by molar-refractivity contribution is 0.227. The first-order valence-corrected chi connectivity index (χ1v) is 5.34. The zero-order valence-corrected chi connectivity index (χ0v) is 10.8. The predicted molar refractivity (Wildman–Crippen MR) is 63.7 cm³/mol. The summed E-state index contributed by atoms with van der Waals surface area (Å²) in [6.07, 6.45) is 0. The van der Waals surface area contributed by atoms with Gasteiger partial charge in [0.05, 0.1) is 0 Å². The van der Waals surface area contributed by atoms with Crippen LogP contribution in [0, 0.1) is 5.41 Å². The summed E-state index contributed by atoms with van der Waals surface area (Å²) in [4.78, 5) is 11.4. The summed E-state index contributed by atoms with van der Waals surface area (Å²) in [7, 11) is 0. The molecule has 0 bridgehead atoms. The van der Waals surface area contributed by atoms with E-state index in [1.54, 1.807) is 0 Å². The highest BCUT2D eigenvalue weighted by molar-refractivity contribution is 5.74. The van der Waals surface area contributed by atoms with Gasteiger partial charge in [-0.3, -0.25) is 0 Å². The Morgan fingerprint density at radius 3 is 2.00 bits per heavy atom. The minimum Gasteiger partial charge on any atom is -0.337 e. The quantitative estimate of drug-likeness (QED) is 0.653. The van der Waals surface area contributed by atoms with E-state index in [9.17, 15) is 4.79 Å². The van der Waals surface area contributed by atoms with E-state index in [0.29, 0.717) is 6.54 Å². The maximum absolute atomic E-state index is 11.4. The van der Waals surface area contributed by atoms with Gasteiger partial charge in [0.2, 0.25) is 0 Å². The highest BCUT2D eigenvalue weighted by atomic mass is 16.2. The summed E-state index contributed by atoms with van der Waals surface area (Å²) in [6, 6.07) is -0.203. The molecule has 2 amide bonds. The lowest BCUT2D eigenvalue weighted by Gasteiger charge is -2.28. The zero-order valence-electron chi connectivity index (χ0n) is 10.8. The molecular weight excluding hydrogens is 190 g/mol. The zero-order chi connectivity index (χ0) is 12.3. The van der Waals surface area contributed by atoms with Crippen LogP contribution in [0.3, 0.4) is 0 Å². The molecule has 4 N–H and O–H groups in total. The smallest absolute Gasteiger partial charge is 0.315 e. The number of hydrogen-bond donors (Lipinski definition) is 3. The third kappa shape index (κ3) is 7.19. The molecule has 0 radical (unpaired) electrons. The van der Waals surface area contributed by atoms with Crippen LogP contribution in [0.1, 0.15) is 41.5 Å². The van der Waals surface area contributed by atoms with Crippen molar-refractivity contribution >= 4 is 6.03 Å². The van der Waals surface area contributed by atoms with E-state index >= 15 is 0 Å². The maximum Gasteiger partial charge on any atom is 0.315 e. The van der Waals surface area contributed by atoms with E-state index in [1.807, 2.05) is 20.8 Å². The van der Waals surface area contributed by atoms with Gasteiger partial charge in [0.25, 0.3) is 0 Å². The summed E-state index contributed by atoms with van der Waals surface area (Å²) in [5.41, 5.74) is 5.72. The molecule has 0 fully saturated rings. The second kappa shape index (κ2) is 4.84. The molecular formula is C11H25N3O. The van der Waals surface area contributed by atoms with E-state index in [1.165, 1.54) is 0 Å². The predicted octanol–water partition coefficient (Wildman–Crippen LogP) is 1.46. The first kappa shape index (κ1) is 14.2. The fourth-order valence-electron chi connectivity index (χ4n) is 0.894. The third-order valence-electron chi connectivity index (χ3n) is 2.08. The number of amides is 2. The molecule has 0 aromatic rings. The van der Waals surface area contributed by atoms with E-state index < -0.39 is 0 Å². The van der Waals surface area contributed by atoms with Gasteiger partial charge in [0.1, 0.15) is 0 Å². The molecule has 4 nitrogen and oxygen atoms in total. The van der Waals surface area contributed by atoms with Crippen LogP contribution in [0.2, 0.25) is 0 Å². The van der Waals surface area contributed by atoms with Gasteiger partial charge >= 0.3 is 6.03 Å². The SMILES string of the molecule is CC(C)(C)NC(=O)NCC(N)C(C)(C)C. The lowest BCUT2D eigenvalue weighted by Crippen LogP contribution is -2.51. The molecule has 0 aliphatic carbocycles. The lowest BCUT2D eigenvalue weighted by atomic mass is 9.87. The van der Waals surface area contributed by atoms with Gasteiger partial charge < -0.3 is 16.4 Å². The standard InChI is InChI=1S/C11H25N3O/c1-10(2,3)8(12)7-13-9(15)14-11(4,5)6/h8H,7,12H2,1-6H3,(H2,13,14,15). The summed E-state index contributed by atoms with van der Waals surface area (Å²) in [5.74, 6) is 0. The number of nitrogens with one attached hydrogen (secondary N) is 2. The van der Waals surface area contributed by atoms with E-state index in [-0.39, 0.29) is 23.0 Å². The van der Waals surface area contributed by atoms with Crippen LogP contribution in [0.5, 0.6) is 0 Å². The molecule has 4 heteroatoms. The number of rotatable bonds is 2. The van der Waals surface area contributed by atoms with Crippen LogP contribution in [0.15, 0.2) is 0 Å². The van der Waals surface area contributed by atoms with Gasteiger partial charge in [-0.2, -0.15) is 0 Å².